The Bertz CT molecular complexity index is 269. The fraction of sp³-hybridized carbons (Fsp3) is 0.833. The number of amides is 1. The summed E-state index contributed by atoms with van der Waals surface area (Å²) in [5.74, 6) is 0.226. The zero-order valence-electron chi connectivity index (χ0n) is 10.4. The van der Waals surface area contributed by atoms with Crippen LogP contribution >= 0.6 is 0 Å². The molecule has 1 atom stereocenters. The zero-order valence-corrected chi connectivity index (χ0v) is 10.4. The van der Waals surface area contributed by atoms with E-state index in [0.29, 0.717) is 26.1 Å². The number of hydrogen-bond donors (Lipinski definition) is 1. The Morgan fingerprint density at radius 1 is 1.59 bits per heavy atom. The number of piperidine rings is 1. The van der Waals surface area contributed by atoms with Crippen molar-refractivity contribution in [2.45, 2.75) is 19.3 Å². The van der Waals surface area contributed by atoms with Gasteiger partial charge in [0.15, 0.2) is 0 Å². The fourth-order valence-corrected chi connectivity index (χ4v) is 2.04. The Kier molecular flexibility index (Phi) is 6.60. The number of methoxy groups -OCH3 is 1. The number of ether oxygens (including phenoxy) is 1. The van der Waals surface area contributed by atoms with Crippen LogP contribution in [0.15, 0.2) is 0 Å². The molecule has 1 rings (SSSR count). The lowest BCUT2D eigenvalue weighted by Gasteiger charge is -2.29. The van der Waals surface area contributed by atoms with E-state index >= 15 is 0 Å². The molecule has 1 aliphatic rings. The van der Waals surface area contributed by atoms with Crippen molar-refractivity contribution < 1.29 is 9.53 Å². The van der Waals surface area contributed by atoms with E-state index in [9.17, 15) is 4.79 Å². The SMILES string of the molecule is COCCN(CCC#N)C(=O)[C@H]1CCCNC1. The lowest BCUT2D eigenvalue weighted by Crippen LogP contribution is -2.44. The van der Waals surface area contributed by atoms with Gasteiger partial charge in [0.1, 0.15) is 0 Å². The highest BCUT2D eigenvalue weighted by Crippen LogP contribution is 2.13. The summed E-state index contributed by atoms with van der Waals surface area (Å²) in [6, 6.07) is 2.08. The number of carbonyl (C=O) groups is 1. The highest BCUT2D eigenvalue weighted by atomic mass is 16.5. The summed E-state index contributed by atoms with van der Waals surface area (Å²) in [6.45, 7) is 3.37. The minimum Gasteiger partial charge on any atom is -0.383 e. The summed E-state index contributed by atoms with van der Waals surface area (Å²) in [5.41, 5.74) is 0. The minimum atomic E-state index is 0.0688. The fourth-order valence-electron chi connectivity index (χ4n) is 2.04. The van der Waals surface area contributed by atoms with Crippen LogP contribution in [0.1, 0.15) is 19.3 Å². The topological polar surface area (TPSA) is 65.4 Å². The van der Waals surface area contributed by atoms with Gasteiger partial charge in [0, 0.05) is 26.7 Å². The second-order valence-electron chi connectivity index (χ2n) is 4.27. The number of carbonyl (C=O) groups excluding carboxylic acids is 1. The normalized spacial score (nSPS) is 19.6. The van der Waals surface area contributed by atoms with E-state index in [2.05, 4.69) is 11.4 Å². The van der Waals surface area contributed by atoms with Gasteiger partial charge in [0.25, 0.3) is 0 Å². The number of hydrogen-bond acceptors (Lipinski definition) is 4. The summed E-state index contributed by atoms with van der Waals surface area (Å²) in [4.78, 5) is 14.0. The van der Waals surface area contributed by atoms with Gasteiger partial charge in [-0.2, -0.15) is 5.26 Å². The number of rotatable bonds is 6. The zero-order chi connectivity index (χ0) is 12.5. The number of nitriles is 1. The average molecular weight is 239 g/mol. The predicted octanol–water partition coefficient (Wildman–Crippen LogP) is 0.375. The van der Waals surface area contributed by atoms with Crippen molar-refractivity contribution in [2.24, 2.45) is 5.92 Å². The van der Waals surface area contributed by atoms with Crippen molar-refractivity contribution in [2.75, 3.05) is 39.9 Å². The molecule has 5 nitrogen and oxygen atoms in total. The molecule has 1 N–H and O–H groups in total. The van der Waals surface area contributed by atoms with E-state index in [1.165, 1.54) is 0 Å². The third kappa shape index (κ3) is 4.72. The van der Waals surface area contributed by atoms with Crippen LogP contribution < -0.4 is 5.32 Å². The second-order valence-corrected chi connectivity index (χ2v) is 4.27. The molecule has 96 valence electrons. The van der Waals surface area contributed by atoms with Gasteiger partial charge in [-0.25, -0.2) is 0 Å². The minimum absolute atomic E-state index is 0.0688. The van der Waals surface area contributed by atoms with Gasteiger partial charge in [0.2, 0.25) is 5.91 Å². The van der Waals surface area contributed by atoms with Crippen molar-refractivity contribution >= 4 is 5.91 Å². The molecular formula is C12H21N3O2. The second kappa shape index (κ2) is 8.04. The van der Waals surface area contributed by atoms with Gasteiger partial charge in [-0.05, 0) is 19.4 Å². The molecule has 0 bridgehead atoms. The van der Waals surface area contributed by atoms with Crippen LogP contribution in [0.4, 0.5) is 0 Å². The quantitative estimate of drug-likeness (QED) is 0.727. The summed E-state index contributed by atoms with van der Waals surface area (Å²) in [7, 11) is 1.62. The van der Waals surface area contributed by atoms with Crippen LogP contribution in [0.2, 0.25) is 0 Å². The molecule has 1 fully saturated rings. The molecule has 5 heteroatoms. The maximum atomic E-state index is 12.2. The van der Waals surface area contributed by atoms with Crippen LogP contribution in [0.25, 0.3) is 0 Å². The first-order valence-corrected chi connectivity index (χ1v) is 6.15. The van der Waals surface area contributed by atoms with Crippen LogP contribution in [0.5, 0.6) is 0 Å². The molecular weight excluding hydrogens is 218 g/mol. The molecule has 0 spiro atoms. The van der Waals surface area contributed by atoms with Crippen molar-refractivity contribution in [3.8, 4) is 6.07 Å². The van der Waals surface area contributed by atoms with Gasteiger partial charge in [-0.3, -0.25) is 4.79 Å². The number of nitrogens with zero attached hydrogens (tertiary/aromatic N) is 2. The van der Waals surface area contributed by atoms with Crippen LogP contribution in [0.3, 0.4) is 0 Å². The Labute approximate surface area is 103 Å². The van der Waals surface area contributed by atoms with Crippen LogP contribution in [-0.2, 0) is 9.53 Å². The van der Waals surface area contributed by atoms with E-state index in [1.54, 1.807) is 12.0 Å². The van der Waals surface area contributed by atoms with E-state index in [4.69, 9.17) is 10.00 Å². The first kappa shape index (κ1) is 13.9. The monoisotopic (exact) mass is 239 g/mol. The molecule has 0 aromatic rings. The van der Waals surface area contributed by atoms with Gasteiger partial charge in [-0.1, -0.05) is 0 Å². The first-order valence-electron chi connectivity index (χ1n) is 6.15. The van der Waals surface area contributed by atoms with Gasteiger partial charge in [0.05, 0.1) is 25.0 Å². The highest BCUT2D eigenvalue weighted by Gasteiger charge is 2.25. The first-order chi connectivity index (χ1) is 8.29. The van der Waals surface area contributed by atoms with E-state index in [0.717, 1.165) is 25.9 Å². The molecule has 1 heterocycles. The molecule has 0 radical (unpaired) electrons. The summed E-state index contributed by atoms with van der Waals surface area (Å²) in [6.07, 6.45) is 2.38. The average Bonchev–Trinajstić information content (AvgIpc) is 2.39. The van der Waals surface area contributed by atoms with Crippen molar-refractivity contribution in [3.63, 3.8) is 0 Å². The molecule has 0 aromatic carbocycles. The Morgan fingerprint density at radius 2 is 2.41 bits per heavy atom. The Morgan fingerprint density at radius 3 is 3.00 bits per heavy atom. The molecule has 0 saturated carbocycles. The molecule has 1 saturated heterocycles. The van der Waals surface area contributed by atoms with Gasteiger partial charge in [-0.15, -0.1) is 0 Å². The van der Waals surface area contributed by atoms with Crippen molar-refractivity contribution in [1.82, 2.24) is 10.2 Å². The summed E-state index contributed by atoms with van der Waals surface area (Å²) < 4.78 is 5.00. The van der Waals surface area contributed by atoms with Crippen molar-refractivity contribution in [1.29, 1.82) is 5.26 Å². The van der Waals surface area contributed by atoms with Crippen LogP contribution in [0, 0.1) is 17.2 Å². The molecule has 1 amide bonds. The van der Waals surface area contributed by atoms with Gasteiger partial charge < -0.3 is 15.0 Å². The van der Waals surface area contributed by atoms with Crippen LogP contribution in [-0.4, -0.2) is 50.7 Å². The Hall–Kier alpha value is -1.12. The standard InChI is InChI=1S/C12H21N3O2/c1-17-9-8-15(7-3-5-13)12(16)11-4-2-6-14-10-11/h11,14H,2-4,6-10H2,1H3/t11-/m0/s1. The smallest absolute Gasteiger partial charge is 0.227 e. The Balaban J connectivity index is 2.47. The number of nitrogens with one attached hydrogen (secondary N) is 1. The van der Waals surface area contributed by atoms with Gasteiger partial charge >= 0.3 is 0 Å². The van der Waals surface area contributed by atoms with E-state index in [-0.39, 0.29) is 11.8 Å². The largest absolute Gasteiger partial charge is 0.383 e. The molecule has 17 heavy (non-hydrogen) atoms. The maximum Gasteiger partial charge on any atom is 0.227 e. The third-order valence-electron chi connectivity index (χ3n) is 3.02. The highest BCUT2D eigenvalue weighted by molar-refractivity contribution is 5.79. The molecule has 1 aliphatic heterocycles. The third-order valence-corrected chi connectivity index (χ3v) is 3.02. The lowest BCUT2D eigenvalue weighted by molar-refractivity contribution is -0.136. The molecule has 0 aliphatic carbocycles. The summed E-state index contributed by atoms with van der Waals surface area (Å²) in [5, 5.41) is 11.8. The predicted molar refractivity (Wildman–Crippen MR) is 64.3 cm³/mol. The van der Waals surface area contributed by atoms with Crippen molar-refractivity contribution in [3.05, 3.63) is 0 Å². The van der Waals surface area contributed by atoms with E-state index in [1.807, 2.05) is 0 Å². The summed E-state index contributed by atoms with van der Waals surface area (Å²) >= 11 is 0. The lowest BCUT2D eigenvalue weighted by atomic mass is 9.98. The molecule has 0 unspecified atom stereocenters. The molecule has 0 aromatic heterocycles. The van der Waals surface area contributed by atoms with E-state index < -0.39 is 0 Å². The maximum absolute atomic E-state index is 12.2.